The Hall–Kier alpha value is -2.62. The number of rotatable bonds is 6. The molecule has 2 N–H and O–H groups in total. The number of carbonyl (C=O) groups excluding carboxylic acids is 1. The molecule has 0 aliphatic heterocycles. The van der Waals surface area contributed by atoms with Crippen molar-refractivity contribution in [2.75, 3.05) is 5.32 Å². The highest BCUT2D eigenvalue weighted by atomic mass is 16.4. The van der Waals surface area contributed by atoms with E-state index in [4.69, 9.17) is 5.11 Å². The highest BCUT2D eigenvalue weighted by Crippen LogP contribution is 2.23. The predicted molar refractivity (Wildman–Crippen MR) is 95.3 cm³/mol. The minimum absolute atomic E-state index is 0.0511. The van der Waals surface area contributed by atoms with Gasteiger partial charge in [0.05, 0.1) is 5.92 Å². The smallest absolute Gasteiger partial charge is 0.310 e. The molecule has 2 unspecified atom stereocenters. The number of nitrogens with one attached hydrogen (secondary N) is 1. The summed E-state index contributed by atoms with van der Waals surface area (Å²) < 4.78 is 0. The van der Waals surface area contributed by atoms with Crippen molar-refractivity contribution in [3.8, 4) is 0 Å². The van der Waals surface area contributed by atoms with Crippen LogP contribution in [-0.2, 0) is 9.59 Å². The quantitative estimate of drug-likeness (QED) is 0.831. The van der Waals surface area contributed by atoms with Crippen molar-refractivity contribution < 1.29 is 14.7 Å². The Labute approximate surface area is 142 Å². The molecular weight excluding hydrogens is 302 g/mol. The molecule has 2 aromatic rings. The van der Waals surface area contributed by atoms with Crippen molar-refractivity contribution in [3.63, 3.8) is 0 Å². The van der Waals surface area contributed by atoms with Crippen LogP contribution in [-0.4, -0.2) is 17.0 Å². The third-order valence-corrected chi connectivity index (χ3v) is 4.28. The lowest BCUT2D eigenvalue weighted by molar-refractivity contribution is -0.138. The Bertz CT molecular complexity index is 722. The molecule has 4 heteroatoms. The summed E-state index contributed by atoms with van der Waals surface area (Å²) >= 11 is 0. The lowest BCUT2D eigenvalue weighted by Gasteiger charge is -2.15. The number of hydrogen-bond acceptors (Lipinski definition) is 2. The van der Waals surface area contributed by atoms with Gasteiger partial charge in [0.2, 0.25) is 5.91 Å². The zero-order valence-electron chi connectivity index (χ0n) is 14.2. The maximum absolute atomic E-state index is 12.2. The van der Waals surface area contributed by atoms with E-state index < -0.39 is 11.9 Å². The van der Waals surface area contributed by atoms with Gasteiger partial charge in [-0.3, -0.25) is 9.59 Å². The summed E-state index contributed by atoms with van der Waals surface area (Å²) in [5, 5.41) is 11.9. The number of benzene rings is 2. The van der Waals surface area contributed by atoms with Gasteiger partial charge in [-0.2, -0.15) is 0 Å². The standard InChI is InChI=1S/C20H23NO3/c1-13-6-4-5-7-18(13)14(2)12-19(22)21-17-10-8-16(9-11-17)15(3)20(23)24/h4-11,14-15H,12H2,1-3H3,(H,21,22)(H,23,24). The molecule has 0 fully saturated rings. The van der Waals surface area contributed by atoms with Gasteiger partial charge in [0.1, 0.15) is 0 Å². The van der Waals surface area contributed by atoms with Crippen LogP contribution in [0.1, 0.15) is 48.8 Å². The molecule has 0 aliphatic rings. The van der Waals surface area contributed by atoms with Gasteiger partial charge in [-0.05, 0) is 48.6 Å². The Morgan fingerprint density at radius 2 is 1.67 bits per heavy atom. The van der Waals surface area contributed by atoms with Crippen LogP contribution >= 0.6 is 0 Å². The highest BCUT2D eigenvalue weighted by molar-refractivity contribution is 5.91. The van der Waals surface area contributed by atoms with E-state index in [1.54, 1.807) is 31.2 Å². The summed E-state index contributed by atoms with van der Waals surface area (Å²) in [6.45, 7) is 5.73. The SMILES string of the molecule is Cc1ccccc1C(C)CC(=O)Nc1ccc(C(C)C(=O)O)cc1. The van der Waals surface area contributed by atoms with Gasteiger partial charge in [0, 0.05) is 12.1 Å². The van der Waals surface area contributed by atoms with Gasteiger partial charge < -0.3 is 10.4 Å². The monoisotopic (exact) mass is 325 g/mol. The first-order valence-corrected chi connectivity index (χ1v) is 8.06. The third-order valence-electron chi connectivity index (χ3n) is 4.28. The van der Waals surface area contributed by atoms with E-state index in [9.17, 15) is 9.59 Å². The molecule has 0 heterocycles. The molecule has 126 valence electrons. The number of carboxylic acids is 1. The number of anilines is 1. The average Bonchev–Trinajstić information content (AvgIpc) is 2.55. The van der Waals surface area contributed by atoms with Crippen LogP contribution in [0.25, 0.3) is 0 Å². The van der Waals surface area contributed by atoms with Crippen molar-refractivity contribution in [1.82, 2.24) is 0 Å². The molecule has 0 saturated heterocycles. The van der Waals surface area contributed by atoms with Gasteiger partial charge in [-0.25, -0.2) is 0 Å². The van der Waals surface area contributed by atoms with Crippen molar-refractivity contribution in [2.24, 2.45) is 0 Å². The first kappa shape index (κ1) is 17.7. The normalized spacial score (nSPS) is 13.1. The zero-order chi connectivity index (χ0) is 17.7. The maximum atomic E-state index is 12.2. The van der Waals surface area contributed by atoms with E-state index >= 15 is 0 Å². The second kappa shape index (κ2) is 7.77. The van der Waals surface area contributed by atoms with Gasteiger partial charge in [0.15, 0.2) is 0 Å². The Balaban J connectivity index is 1.97. The number of carbonyl (C=O) groups is 2. The van der Waals surface area contributed by atoms with Crippen LogP contribution in [0.5, 0.6) is 0 Å². The molecule has 2 aromatic carbocycles. The highest BCUT2D eigenvalue weighted by Gasteiger charge is 2.15. The van der Waals surface area contributed by atoms with E-state index in [2.05, 4.69) is 11.4 Å². The fraction of sp³-hybridized carbons (Fsp3) is 0.300. The van der Waals surface area contributed by atoms with Crippen molar-refractivity contribution in [1.29, 1.82) is 0 Å². The minimum Gasteiger partial charge on any atom is -0.481 e. The number of carboxylic acid groups (broad SMARTS) is 1. The number of hydrogen-bond donors (Lipinski definition) is 2. The van der Waals surface area contributed by atoms with Gasteiger partial charge in [0.25, 0.3) is 0 Å². The molecule has 2 rings (SSSR count). The number of amides is 1. The number of aryl methyl sites for hydroxylation is 1. The summed E-state index contributed by atoms with van der Waals surface area (Å²) in [7, 11) is 0. The molecule has 4 nitrogen and oxygen atoms in total. The lowest BCUT2D eigenvalue weighted by atomic mass is 9.93. The van der Waals surface area contributed by atoms with Gasteiger partial charge in [-0.1, -0.05) is 43.3 Å². The van der Waals surface area contributed by atoms with Crippen LogP contribution in [0.15, 0.2) is 48.5 Å². The van der Waals surface area contributed by atoms with Crippen LogP contribution in [0.4, 0.5) is 5.69 Å². The molecule has 1 amide bonds. The largest absolute Gasteiger partial charge is 0.481 e. The molecule has 0 bridgehead atoms. The molecule has 0 aromatic heterocycles. The van der Waals surface area contributed by atoms with Crippen LogP contribution in [0.3, 0.4) is 0 Å². The molecule has 0 radical (unpaired) electrons. The first-order chi connectivity index (χ1) is 11.4. The average molecular weight is 325 g/mol. The Morgan fingerprint density at radius 3 is 2.25 bits per heavy atom. The summed E-state index contributed by atoms with van der Waals surface area (Å²) in [6.07, 6.45) is 0.401. The minimum atomic E-state index is -0.862. The predicted octanol–water partition coefficient (Wildman–Crippen LogP) is 4.32. The fourth-order valence-electron chi connectivity index (χ4n) is 2.74. The van der Waals surface area contributed by atoms with E-state index in [1.807, 2.05) is 32.0 Å². The van der Waals surface area contributed by atoms with E-state index in [-0.39, 0.29) is 11.8 Å². The van der Waals surface area contributed by atoms with Crippen molar-refractivity contribution >= 4 is 17.6 Å². The Morgan fingerprint density at radius 1 is 1.04 bits per heavy atom. The van der Waals surface area contributed by atoms with E-state index in [0.717, 1.165) is 0 Å². The van der Waals surface area contributed by atoms with Crippen LogP contribution in [0.2, 0.25) is 0 Å². The third kappa shape index (κ3) is 4.44. The van der Waals surface area contributed by atoms with E-state index in [0.29, 0.717) is 17.7 Å². The second-order valence-corrected chi connectivity index (χ2v) is 6.19. The number of aliphatic carboxylic acids is 1. The second-order valence-electron chi connectivity index (χ2n) is 6.19. The molecule has 2 atom stereocenters. The Kier molecular flexibility index (Phi) is 5.74. The summed E-state index contributed by atoms with van der Waals surface area (Å²) in [5.41, 5.74) is 3.76. The molecule has 24 heavy (non-hydrogen) atoms. The fourth-order valence-corrected chi connectivity index (χ4v) is 2.74. The molecule has 0 spiro atoms. The molecule has 0 saturated carbocycles. The summed E-state index contributed by atoms with van der Waals surface area (Å²) in [4.78, 5) is 23.2. The lowest BCUT2D eigenvalue weighted by Crippen LogP contribution is -2.15. The summed E-state index contributed by atoms with van der Waals surface area (Å²) in [5.74, 6) is -1.34. The maximum Gasteiger partial charge on any atom is 0.310 e. The first-order valence-electron chi connectivity index (χ1n) is 8.06. The van der Waals surface area contributed by atoms with Crippen LogP contribution < -0.4 is 5.32 Å². The molecule has 0 aliphatic carbocycles. The molecular formula is C20H23NO3. The van der Waals surface area contributed by atoms with Gasteiger partial charge in [-0.15, -0.1) is 0 Å². The van der Waals surface area contributed by atoms with Crippen molar-refractivity contribution in [3.05, 3.63) is 65.2 Å². The zero-order valence-corrected chi connectivity index (χ0v) is 14.2. The van der Waals surface area contributed by atoms with Crippen molar-refractivity contribution in [2.45, 2.75) is 39.0 Å². The summed E-state index contributed by atoms with van der Waals surface area (Å²) in [6, 6.07) is 15.0. The van der Waals surface area contributed by atoms with Gasteiger partial charge >= 0.3 is 5.97 Å². The van der Waals surface area contributed by atoms with Crippen LogP contribution in [0, 0.1) is 6.92 Å². The van der Waals surface area contributed by atoms with E-state index in [1.165, 1.54) is 11.1 Å². The topological polar surface area (TPSA) is 66.4 Å².